The summed E-state index contributed by atoms with van der Waals surface area (Å²) in [5.74, 6) is -2.24. The monoisotopic (exact) mass is 810 g/mol. The van der Waals surface area contributed by atoms with Gasteiger partial charge in [0, 0.05) is 48.4 Å². The van der Waals surface area contributed by atoms with Crippen molar-refractivity contribution >= 4 is 40.6 Å². The molecule has 3 N–H and O–H groups in total. The fraction of sp³-hybridized carbons (Fsp3) is 0.298. The van der Waals surface area contributed by atoms with Gasteiger partial charge in [-0.1, -0.05) is 78.7 Å². The molecule has 0 unspecified atom stereocenters. The molecule has 60 heavy (non-hydrogen) atoms. The molecule has 1 fully saturated rings. The third-order valence-corrected chi connectivity index (χ3v) is 11.7. The first kappa shape index (κ1) is 40.0. The number of rotatable bonds is 7. The number of nitrogens with zero attached hydrogens (tertiary/aromatic N) is 2. The maximum absolute atomic E-state index is 14.7. The molecule has 0 spiro atoms. The normalized spacial score (nSPS) is 20.8. The summed E-state index contributed by atoms with van der Waals surface area (Å²) in [4.78, 5) is 69.9. The predicted octanol–water partition coefficient (Wildman–Crippen LogP) is 5.38. The average Bonchev–Trinajstić information content (AvgIpc) is 3.92. The van der Waals surface area contributed by atoms with Gasteiger partial charge in [-0.2, -0.15) is 0 Å². The van der Waals surface area contributed by atoms with Crippen LogP contribution in [0.5, 0.6) is 0 Å². The molecule has 4 aromatic carbocycles. The van der Waals surface area contributed by atoms with Gasteiger partial charge in [-0.15, -0.1) is 6.42 Å². The summed E-state index contributed by atoms with van der Waals surface area (Å²) in [6, 6.07) is 24.6. The maximum Gasteiger partial charge on any atom is 0.407 e. The molecule has 13 heteroatoms. The van der Waals surface area contributed by atoms with Gasteiger partial charge >= 0.3 is 12.1 Å². The molecule has 0 radical (unpaired) electrons. The number of carboxylic acids is 1. The van der Waals surface area contributed by atoms with E-state index >= 15 is 0 Å². The van der Waals surface area contributed by atoms with E-state index in [9.17, 15) is 33.5 Å². The summed E-state index contributed by atoms with van der Waals surface area (Å²) >= 11 is 0. The van der Waals surface area contributed by atoms with Gasteiger partial charge in [0.05, 0.1) is 18.7 Å². The number of aliphatic carboxylic acids is 1. The first-order valence-corrected chi connectivity index (χ1v) is 19.9. The zero-order chi connectivity index (χ0) is 41.9. The number of ketones is 1. The van der Waals surface area contributed by atoms with Crippen LogP contribution >= 0.6 is 0 Å². The number of nitrogens with one attached hydrogen (secondary N) is 2. The molecule has 4 bridgehead atoms. The zero-order valence-electron chi connectivity index (χ0n) is 32.6. The molecular formula is C47H43FN4O8. The van der Waals surface area contributed by atoms with Crippen molar-refractivity contribution in [3.05, 3.63) is 131 Å². The highest BCUT2D eigenvalue weighted by Gasteiger charge is 2.45. The average molecular weight is 811 g/mol. The largest absolute Gasteiger partial charge is 0.480 e. The van der Waals surface area contributed by atoms with Crippen LogP contribution in [-0.4, -0.2) is 82.2 Å². The first-order chi connectivity index (χ1) is 29.1. The number of hydrogen-bond acceptors (Lipinski definition) is 7. The number of Topliss-reactive ketones (excluding diaryl/α,β-unsaturated/α-hetero) is 1. The second-order valence-corrected chi connectivity index (χ2v) is 15.5. The molecule has 1 aliphatic carbocycles. The number of aromatic nitrogens is 1. The standard InChI is InChI=1S/C47H43FN4O8/c1-2-17-51-25-31(37-23-32(48)14-15-40(37)51)21-30-22-41(53)39(50-47(58)60-26-38-35-12-5-3-10-33(35)34-11-4-6-13-36(34)38)20-28-8-7-9-29(19-28)24-49-43(54)27-59-42-16-18-52(45(30)55)44(42)46(56)57/h1,3-15,19,23,25,30,38-39,42,44H,16-18,20-22,24,26-27H2,(H,49,54)(H,50,58)(H,56,57)/t30-,39+,42+,44+/m1/s1. The van der Waals surface area contributed by atoms with Crippen molar-refractivity contribution in [3.63, 3.8) is 0 Å². The van der Waals surface area contributed by atoms with E-state index in [2.05, 4.69) is 16.6 Å². The van der Waals surface area contributed by atoms with Gasteiger partial charge in [-0.05, 0) is 76.4 Å². The molecule has 2 aliphatic heterocycles. The lowest BCUT2D eigenvalue weighted by Crippen LogP contribution is -2.50. The van der Waals surface area contributed by atoms with Crippen LogP contribution in [-0.2, 0) is 54.6 Å². The Morgan fingerprint density at radius 3 is 2.42 bits per heavy atom. The molecule has 306 valence electrons. The number of amides is 3. The van der Waals surface area contributed by atoms with Gasteiger partial charge in [0.2, 0.25) is 11.8 Å². The number of benzene rings is 4. The topological polar surface area (TPSA) is 156 Å². The van der Waals surface area contributed by atoms with Crippen LogP contribution in [0.4, 0.5) is 9.18 Å². The Balaban J connectivity index is 1.12. The van der Waals surface area contributed by atoms with Crippen molar-refractivity contribution in [2.45, 2.75) is 62.9 Å². The van der Waals surface area contributed by atoms with E-state index in [-0.39, 0.29) is 51.4 Å². The van der Waals surface area contributed by atoms with E-state index in [0.29, 0.717) is 22.0 Å². The molecule has 3 aliphatic rings. The fourth-order valence-electron chi connectivity index (χ4n) is 8.91. The molecule has 4 atom stereocenters. The van der Waals surface area contributed by atoms with E-state index in [1.807, 2.05) is 54.6 Å². The van der Waals surface area contributed by atoms with Crippen molar-refractivity contribution in [1.82, 2.24) is 20.1 Å². The number of hydrogen-bond donors (Lipinski definition) is 3. The SMILES string of the molecule is C#CCn1cc(C[C@@H]2CC(=O)[C@@H](NC(=O)OCC3c4ccccc4-c4ccccc43)Cc3cccc(c3)CNC(=O)CO[C@H]3CCN(C2=O)[C@@H]3C(=O)O)c2cc(F)ccc21. The molecular weight excluding hydrogens is 768 g/mol. The quantitative estimate of drug-likeness (QED) is 0.185. The van der Waals surface area contributed by atoms with Crippen LogP contribution in [0.25, 0.3) is 22.0 Å². The summed E-state index contributed by atoms with van der Waals surface area (Å²) < 4.78 is 28.1. The van der Waals surface area contributed by atoms with Crippen LogP contribution in [0, 0.1) is 24.1 Å². The maximum atomic E-state index is 14.7. The smallest absolute Gasteiger partial charge is 0.407 e. The predicted molar refractivity (Wildman–Crippen MR) is 219 cm³/mol. The van der Waals surface area contributed by atoms with E-state index < -0.39 is 72.6 Å². The third kappa shape index (κ3) is 8.24. The van der Waals surface area contributed by atoms with Crippen molar-refractivity contribution < 1.29 is 42.9 Å². The van der Waals surface area contributed by atoms with E-state index in [1.54, 1.807) is 35.0 Å². The van der Waals surface area contributed by atoms with Crippen LogP contribution in [0.3, 0.4) is 0 Å². The van der Waals surface area contributed by atoms with Gasteiger partial charge in [0.1, 0.15) is 19.0 Å². The molecule has 1 saturated heterocycles. The molecule has 3 amide bonds. The Morgan fingerprint density at radius 2 is 1.68 bits per heavy atom. The number of terminal acetylenes is 1. The molecule has 1 aromatic heterocycles. The van der Waals surface area contributed by atoms with Gasteiger partial charge in [0.15, 0.2) is 11.8 Å². The Hall–Kier alpha value is -6.78. The second-order valence-electron chi connectivity index (χ2n) is 15.5. The minimum Gasteiger partial charge on any atom is -0.480 e. The second kappa shape index (κ2) is 17.2. The Morgan fingerprint density at radius 1 is 0.950 bits per heavy atom. The Kier molecular flexibility index (Phi) is 11.5. The van der Waals surface area contributed by atoms with Crippen LogP contribution in [0.1, 0.15) is 46.6 Å². The highest BCUT2D eigenvalue weighted by atomic mass is 19.1. The minimum absolute atomic E-state index is 0.00409. The summed E-state index contributed by atoms with van der Waals surface area (Å²) in [5.41, 5.74) is 6.70. The van der Waals surface area contributed by atoms with Crippen LogP contribution in [0.15, 0.2) is 97.2 Å². The lowest BCUT2D eigenvalue weighted by Gasteiger charge is -2.29. The summed E-state index contributed by atoms with van der Waals surface area (Å²) in [7, 11) is 0. The van der Waals surface area contributed by atoms with Gasteiger partial charge < -0.3 is 34.7 Å². The van der Waals surface area contributed by atoms with E-state index in [1.165, 1.54) is 17.0 Å². The minimum atomic E-state index is -1.44. The number of ether oxygens (including phenoxy) is 2. The number of carboxylic acid groups (broad SMARTS) is 1. The number of halogens is 1. The highest BCUT2D eigenvalue weighted by molar-refractivity contribution is 5.94. The van der Waals surface area contributed by atoms with Crippen LogP contribution in [0.2, 0.25) is 0 Å². The first-order valence-electron chi connectivity index (χ1n) is 19.9. The third-order valence-electron chi connectivity index (χ3n) is 11.7. The number of carbonyl (C=O) groups is 5. The molecule has 3 heterocycles. The Labute approximate surface area is 345 Å². The fourth-order valence-corrected chi connectivity index (χ4v) is 8.91. The number of carbonyl (C=O) groups excluding carboxylic acids is 4. The summed E-state index contributed by atoms with van der Waals surface area (Å²) in [6.07, 6.45) is 5.21. The van der Waals surface area contributed by atoms with Crippen molar-refractivity contribution in [2.75, 3.05) is 19.8 Å². The molecule has 5 aromatic rings. The number of fused-ring (bicyclic) bond motifs is 8. The number of alkyl carbamates (subject to hydrolysis) is 1. The molecule has 12 nitrogen and oxygen atoms in total. The lowest BCUT2D eigenvalue weighted by atomic mass is 9.88. The van der Waals surface area contributed by atoms with E-state index in [4.69, 9.17) is 15.9 Å². The van der Waals surface area contributed by atoms with Crippen molar-refractivity contribution in [3.8, 4) is 23.5 Å². The van der Waals surface area contributed by atoms with Gasteiger partial charge in [0.25, 0.3) is 0 Å². The molecule has 8 rings (SSSR count). The highest BCUT2D eigenvalue weighted by Crippen LogP contribution is 2.44. The zero-order valence-corrected chi connectivity index (χ0v) is 32.6. The van der Waals surface area contributed by atoms with Crippen LogP contribution < -0.4 is 10.6 Å². The van der Waals surface area contributed by atoms with Crippen molar-refractivity contribution in [2.24, 2.45) is 5.92 Å². The van der Waals surface area contributed by atoms with Gasteiger partial charge in [-0.25, -0.2) is 14.0 Å². The van der Waals surface area contributed by atoms with Crippen molar-refractivity contribution in [1.29, 1.82) is 0 Å². The molecule has 0 saturated carbocycles. The summed E-state index contributed by atoms with van der Waals surface area (Å²) in [5, 5.41) is 16.4. The summed E-state index contributed by atoms with van der Waals surface area (Å²) in [6.45, 7) is -0.145. The Bertz CT molecular complexity index is 2500. The van der Waals surface area contributed by atoms with E-state index in [0.717, 1.165) is 27.8 Å². The van der Waals surface area contributed by atoms with Gasteiger partial charge in [-0.3, -0.25) is 14.4 Å². The lowest BCUT2D eigenvalue weighted by molar-refractivity contribution is -0.155.